The number of hydrogen-bond donors (Lipinski definition) is 3. The first-order valence-electron chi connectivity index (χ1n) is 15.3. The lowest BCUT2D eigenvalue weighted by atomic mass is 10.1. The number of nitrogens with one attached hydrogen (secondary N) is 3. The zero-order valence-corrected chi connectivity index (χ0v) is 25.7. The summed E-state index contributed by atoms with van der Waals surface area (Å²) in [5.74, 6) is 0.550. The number of alkyl halides is 3. The molecule has 3 aromatic rings. The van der Waals surface area contributed by atoms with E-state index in [1.165, 1.54) is 12.1 Å². The normalized spacial score (nSPS) is 15.7. The van der Waals surface area contributed by atoms with E-state index in [2.05, 4.69) is 30.7 Å². The first kappa shape index (κ1) is 32.9. The number of rotatable bonds is 10. The topological polar surface area (TPSA) is 98.4 Å². The summed E-state index contributed by atoms with van der Waals surface area (Å²) in [6, 6.07) is 16.6. The van der Waals surface area contributed by atoms with Crippen LogP contribution in [0, 0.1) is 0 Å². The predicted octanol–water partition coefficient (Wildman–Crippen LogP) is 5.14. The number of ether oxygens (including phenoxy) is 2. The van der Waals surface area contributed by atoms with E-state index in [9.17, 15) is 22.8 Å². The highest BCUT2D eigenvalue weighted by Crippen LogP contribution is 2.32. The standard InChI is InChI=1S/C33H39F3N6O4/c1-45-30-6-3-2-5-29(30)42-17-15-41(16-18-42)28-12-11-26(39-32(44)38-25-9-7-24(8-10-25)33(34,35)36)23-27(28)31(43)37-13-4-14-40-19-21-46-22-20-40/h2-3,5-12,23H,4,13-22H2,1H3,(H,37,43)(H2,38,39,44). The SMILES string of the molecule is COc1ccccc1N1CCN(c2ccc(NC(=O)Nc3ccc(C(F)(F)F)cc3)cc2C(=O)NCCCN2CCOCC2)CC1. The van der Waals surface area contributed by atoms with E-state index in [1.54, 1.807) is 19.2 Å². The highest BCUT2D eigenvalue weighted by molar-refractivity contribution is 6.04. The molecule has 2 aliphatic rings. The van der Waals surface area contributed by atoms with Crippen LogP contribution in [-0.2, 0) is 10.9 Å². The number of anilines is 4. The van der Waals surface area contributed by atoms with Gasteiger partial charge in [-0.3, -0.25) is 9.69 Å². The summed E-state index contributed by atoms with van der Waals surface area (Å²) in [6.45, 7) is 7.29. The lowest BCUT2D eigenvalue weighted by Gasteiger charge is -2.38. The number of carbonyl (C=O) groups is 2. The Kier molecular flexibility index (Phi) is 10.9. The number of halogens is 3. The number of nitrogens with zero attached hydrogens (tertiary/aromatic N) is 3. The average Bonchev–Trinajstić information content (AvgIpc) is 3.07. The molecule has 3 N–H and O–H groups in total. The van der Waals surface area contributed by atoms with Crippen LogP contribution in [0.25, 0.3) is 0 Å². The van der Waals surface area contributed by atoms with Crippen LogP contribution < -0.4 is 30.5 Å². The second-order valence-electron chi connectivity index (χ2n) is 11.1. The van der Waals surface area contributed by atoms with E-state index in [-0.39, 0.29) is 11.6 Å². The van der Waals surface area contributed by atoms with Gasteiger partial charge in [0.15, 0.2) is 0 Å². The van der Waals surface area contributed by atoms with Crippen molar-refractivity contribution >= 4 is 34.7 Å². The van der Waals surface area contributed by atoms with Crippen LogP contribution in [-0.4, -0.2) is 89.5 Å². The maximum Gasteiger partial charge on any atom is 0.416 e. The summed E-state index contributed by atoms with van der Waals surface area (Å²) in [5.41, 5.74) is 1.95. The van der Waals surface area contributed by atoms with Gasteiger partial charge in [0, 0.05) is 62.9 Å². The molecule has 0 saturated carbocycles. The fourth-order valence-corrected chi connectivity index (χ4v) is 5.61. The number of piperazine rings is 1. The molecule has 2 fully saturated rings. The Morgan fingerprint density at radius 3 is 2.13 bits per heavy atom. The van der Waals surface area contributed by atoms with Crippen LogP contribution in [0.15, 0.2) is 66.7 Å². The summed E-state index contributed by atoms with van der Waals surface area (Å²) in [6.07, 6.45) is -3.69. The summed E-state index contributed by atoms with van der Waals surface area (Å²) in [7, 11) is 1.65. The number of hydrogen-bond acceptors (Lipinski definition) is 7. The van der Waals surface area contributed by atoms with Crippen molar-refractivity contribution in [3.05, 3.63) is 77.9 Å². The highest BCUT2D eigenvalue weighted by Gasteiger charge is 2.30. The van der Waals surface area contributed by atoms with Crippen LogP contribution in [0.3, 0.4) is 0 Å². The van der Waals surface area contributed by atoms with Gasteiger partial charge in [-0.05, 0) is 67.6 Å². The van der Waals surface area contributed by atoms with Crippen LogP contribution in [0.1, 0.15) is 22.3 Å². The minimum atomic E-state index is -4.47. The van der Waals surface area contributed by atoms with E-state index in [1.807, 2.05) is 30.3 Å². The lowest BCUT2D eigenvalue weighted by molar-refractivity contribution is -0.137. The van der Waals surface area contributed by atoms with Gasteiger partial charge in [-0.2, -0.15) is 13.2 Å². The van der Waals surface area contributed by atoms with E-state index in [0.717, 1.165) is 68.4 Å². The summed E-state index contributed by atoms with van der Waals surface area (Å²) < 4.78 is 49.7. The molecule has 0 radical (unpaired) electrons. The third-order valence-electron chi connectivity index (χ3n) is 8.06. The average molecular weight is 641 g/mol. The molecule has 13 heteroatoms. The largest absolute Gasteiger partial charge is 0.495 e. The molecule has 10 nitrogen and oxygen atoms in total. The van der Waals surface area contributed by atoms with Gasteiger partial charge in [-0.25, -0.2) is 4.79 Å². The Labute approximate surface area is 266 Å². The third-order valence-corrected chi connectivity index (χ3v) is 8.06. The van der Waals surface area contributed by atoms with Crippen molar-refractivity contribution in [3.63, 3.8) is 0 Å². The number of urea groups is 1. The first-order valence-corrected chi connectivity index (χ1v) is 15.3. The minimum Gasteiger partial charge on any atom is -0.495 e. The van der Waals surface area contributed by atoms with Crippen molar-refractivity contribution in [1.82, 2.24) is 10.2 Å². The highest BCUT2D eigenvalue weighted by atomic mass is 19.4. The van der Waals surface area contributed by atoms with Crippen molar-refractivity contribution in [3.8, 4) is 5.75 Å². The quantitative estimate of drug-likeness (QED) is 0.264. The van der Waals surface area contributed by atoms with Crippen LogP contribution in [0.5, 0.6) is 5.75 Å². The maximum absolute atomic E-state index is 13.6. The molecule has 2 aliphatic heterocycles. The molecule has 0 aliphatic carbocycles. The monoisotopic (exact) mass is 640 g/mol. The summed E-state index contributed by atoms with van der Waals surface area (Å²) in [4.78, 5) is 33.0. The van der Waals surface area contributed by atoms with Gasteiger partial charge in [0.25, 0.3) is 5.91 Å². The van der Waals surface area contributed by atoms with Gasteiger partial charge in [0.1, 0.15) is 5.75 Å². The number of methoxy groups -OCH3 is 1. The zero-order valence-electron chi connectivity index (χ0n) is 25.7. The van der Waals surface area contributed by atoms with E-state index in [4.69, 9.17) is 9.47 Å². The number of benzene rings is 3. The molecule has 246 valence electrons. The molecule has 3 amide bonds. The fraction of sp³-hybridized carbons (Fsp3) is 0.394. The fourth-order valence-electron chi connectivity index (χ4n) is 5.61. The van der Waals surface area contributed by atoms with Crippen molar-refractivity contribution in [2.75, 3.05) is 93.1 Å². The van der Waals surface area contributed by atoms with E-state index >= 15 is 0 Å². The van der Waals surface area contributed by atoms with Crippen molar-refractivity contribution < 1.29 is 32.2 Å². The van der Waals surface area contributed by atoms with Gasteiger partial charge in [0.2, 0.25) is 0 Å². The van der Waals surface area contributed by atoms with Gasteiger partial charge in [-0.15, -0.1) is 0 Å². The number of amides is 3. The number of carbonyl (C=O) groups excluding carboxylic acids is 2. The van der Waals surface area contributed by atoms with E-state index < -0.39 is 17.8 Å². The second kappa shape index (κ2) is 15.2. The second-order valence-corrected chi connectivity index (χ2v) is 11.1. The minimum absolute atomic E-state index is 0.202. The Balaban J connectivity index is 1.27. The molecule has 0 atom stereocenters. The molecular formula is C33H39F3N6O4. The number of para-hydroxylation sites is 2. The molecule has 0 aromatic heterocycles. The molecule has 0 unspecified atom stereocenters. The maximum atomic E-state index is 13.6. The van der Waals surface area contributed by atoms with Crippen LogP contribution >= 0.6 is 0 Å². The molecule has 2 heterocycles. The van der Waals surface area contributed by atoms with Gasteiger partial charge in [-0.1, -0.05) is 12.1 Å². The van der Waals surface area contributed by atoms with Gasteiger partial charge >= 0.3 is 12.2 Å². The molecule has 0 bridgehead atoms. The van der Waals surface area contributed by atoms with Crippen molar-refractivity contribution in [2.24, 2.45) is 0 Å². The molecular weight excluding hydrogens is 601 g/mol. The van der Waals surface area contributed by atoms with E-state index in [0.29, 0.717) is 44.1 Å². The first-order chi connectivity index (χ1) is 22.2. The molecule has 2 saturated heterocycles. The lowest BCUT2D eigenvalue weighted by Crippen LogP contribution is -2.47. The predicted molar refractivity (Wildman–Crippen MR) is 172 cm³/mol. The Morgan fingerprint density at radius 1 is 0.826 bits per heavy atom. The third kappa shape index (κ3) is 8.61. The van der Waals surface area contributed by atoms with Crippen molar-refractivity contribution in [1.29, 1.82) is 0 Å². The smallest absolute Gasteiger partial charge is 0.416 e. The Morgan fingerprint density at radius 2 is 1.46 bits per heavy atom. The zero-order chi connectivity index (χ0) is 32.5. The summed E-state index contributed by atoms with van der Waals surface area (Å²) in [5, 5.41) is 8.28. The Hall–Kier alpha value is -4.49. The van der Waals surface area contributed by atoms with Crippen LogP contribution in [0.4, 0.5) is 40.7 Å². The summed E-state index contributed by atoms with van der Waals surface area (Å²) >= 11 is 0. The molecule has 5 rings (SSSR count). The van der Waals surface area contributed by atoms with Crippen LogP contribution in [0.2, 0.25) is 0 Å². The molecule has 0 spiro atoms. The van der Waals surface area contributed by atoms with Gasteiger partial charge < -0.3 is 35.2 Å². The number of morpholine rings is 1. The van der Waals surface area contributed by atoms with Gasteiger partial charge in [0.05, 0.1) is 37.1 Å². The van der Waals surface area contributed by atoms with Crippen molar-refractivity contribution in [2.45, 2.75) is 12.6 Å². The molecule has 46 heavy (non-hydrogen) atoms. The molecule has 3 aromatic carbocycles. The Bertz CT molecular complexity index is 1470.